The van der Waals surface area contributed by atoms with Gasteiger partial charge in [0.2, 0.25) is 5.91 Å². The van der Waals surface area contributed by atoms with E-state index in [0.29, 0.717) is 23.4 Å². The Morgan fingerprint density at radius 3 is 2.14 bits per heavy atom. The van der Waals surface area contributed by atoms with E-state index < -0.39 is 0 Å². The third kappa shape index (κ3) is 6.37. The fourth-order valence-corrected chi connectivity index (χ4v) is 3.18. The third-order valence-electron chi connectivity index (χ3n) is 4.21. The molecule has 1 aliphatic rings. The summed E-state index contributed by atoms with van der Waals surface area (Å²) in [7, 11) is 0. The Balaban J connectivity index is 2.73. The molecule has 1 aliphatic heterocycles. The lowest BCUT2D eigenvalue weighted by Crippen LogP contribution is -2.54. The molecular formula is C18H36N2O. The zero-order chi connectivity index (χ0) is 16.4. The predicted octanol–water partition coefficient (Wildman–Crippen LogP) is 3.68. The monoisotopic (exact) mass is 296 g/mol. The van der Waals surface area contributed by atoms with E-state index in [1.54, 1.807) is 0 Å². The molecule has 3 heteroatoms. The van der Waals surface area contributed by atoms with Gasteiger partial charge < -0.3 is 5.32 Å². The highest BCUT2D eigenvalue weighted by Crippen LogP contribution is 2.31. The first-order valence-electron chi connectivity index (χ1n) is 8.43. The minimum absolute atomic E-state index is 0.174. The predicted molar refractivity (Wildman–Crippen MR) is 90.3 cm³/mol. The average Bonchev–Trinajstić information content (AvgIpc) is 2.24. The number of carbonyl (C=O) groups is 1. The molecule has 0 aromatic carbocycles. The molecule has 124 valence electrons. The topological polar surface area (TPSA) is 32.3 Å². The number of carbonyl (C=O) groups excluding carboxylic acids is 1. The number of hydrogen-bond acceptors (Lipinski definition) is 2. The molecule has 1 amide bonds. The molecule has 1 rings (SSSR count). The second-order valence-electron chi connectivity index (χ2n) is 9.33. The van der Waals surface area contributed by atoms with Crippen molar-refractivity contribution in [3.05, 3.63) is 0 Å². The molecule has 2 atom stereocenters. The van der Waals surface area contributed by atoms with E-state index in [-0.39, 0.29) is 11.3 Å². The standard InChI is InChI=1S/C18H36N2O/c1-13(2)20-11-14(10-17(3,4)5)9-15(12-20)19-16(21)18(6,7)8/h13-15H,9-12H2,1-8H3,(H,19,21). The summed E-state index contributed by atoms with van der Waals surface area (Å²) in [6, 6.07) is 0.835. The zero-order valence-corrected chi connectivity index (χ0v) is 15.4. The van der Waals surface area contributed by atoms with Crippen LogP contribution in [-0.2, 0) is 4.79 Å². The van der Waals surface area contributed by atoms with Crippen LogP contribution < -0.4 is 5.32 Å². The SMILES string of the molecule is CC(C)N1CC(CC(C)(C)C)CC(NC(=O)C(C)(C)C)C1. The van der Waals surface area contributed by atoms with Gasteiger partial charge >= 0.3 is 0 Å². The molecule has 21 heavy (non-hydrogen) atoms. The van der Waals surface area contributed by atoms with E-state index in [1.807, 2.05) is 20.8 Å². The fourth-order valence-electron chi connectivity index (χ4n) is 3.18. The van der Waals surface area contributed by atoms with Gasteiger partial charge in [-0.3, -0.25) is 9.69 Å². The van der Waals surface area contributed by atoms with Crippen LogP contribution in [0.4, 0.5) is 0 Å². The first-order chi connectivity index (χ1) is 9.38. The van der Waals surface area contributed by atoms with Gasteiger partial charge in [-0.05, 0) is 38.0 Å². The number of likely N-dealkylation sites (tertiary alicyclic amines) is 1. The molecule has 1 heterocycles. The molecule has 1 N–H and O–H groups in total. The molecule has 0 spiro atoms. The summed E-state index contributed by atoms with van der Waals surface area (Å²) in [5, 5.41) is 3.28. The van der Waals surface area contributed by atoms with Gasteiger partial charge in [0.15, 0.2) is 0 Å². The second kappa shape index (κ2) is 6.68. The molecule has 0 radical (unpaired) electrons. The van der Waals surface area contributed by atoms with E-state index in [1.165, 1.54) is 6.42 Å². The third-order valence-corrected chi connectivity index (χ3v) is 4.21. The molecule has 0 aromatic heterocycles. The van der Waals surface area contributed by atoms with Crippen molar-refractivity contribution >= 4 is 5.91 Å². The van der Waals surface area contributed by atoms with Crippen molar-refractivity contribution in [3.8, 4) is 0 Å². The summed E-state index contributed by atoms with van der Waals surface area (Å²) in [6.07, 6.45) is 2.33. The lowest BCUT2D eigenvalue weighted by Gasteiger charge is -2.42. The minimum Gasteiger partial charge on any atom is -0.352 e. The van der Waals surface area contributed by atoms with Crippen LogP contribution in [0.5, 0.6) is 0 Å². The van der Waals surface area contributed by atoms with Gasteiger partial charge in [-0.15, -0.1) is 0 Å². The number of amides is 1. The Morgan fingerprint density at radius 1 is 1.14 bits per heavy atom. The van der Waals surface area contributed by atoms with Gasteiger partial charge in [-0.2, -0.15) is 0 Å². The first-order valence-corrected chi connectivity index (χ1v) is 8.43. The molecule has 1 fully saturated rings. The Bertz CT molecular complexity index is 349. The molecule has 1 saturated heterocycles. The van der Waals surface area contributed by atoms with Gasteiger partial charge in [0.1, 0.15) is 0 Å². The van der Waals surface area contributed by atoms with E-state index >= 15 is 0 Å². The first kappa shape index (κ1) is 18.5. The normalized spacial score (nSPS) is 25.2. The van der Waals surface area contributed by atoms with Crippen LogP contribution in [0.3, 0.4) is 0 Å². The van der Waals surface area contributed by atoms with Crippen molar-refractivity contribution in [2.24, 2.45) is 16.7 Å². The van der Waals surface area contributed by atoms with Crippen LogP contribution in [0.25, 0.3) is 0 Å². The van der Waals surface area contributed by atoms with Crippen molar-refractivity contribution in [2.75, 3.05) is 13.1 Å². The quantitative estimate of drug-likeness (QED) is 0.861. The van der Waals surface area contributed by atoms with E-state index in [4.69, 9.17) is 0 Å². The number of nitrogens with one attached hydrogen (secondary N) is 1. The van der Waals surface area contributed by atoms with Gasteiger partial charge in [0.25, 0.3) is 0 Å². The zero-order valence-electron chi connectivity index (χ0n) is 15.4. The maximum absolute atomic E-state index is 12.3. The lowest BCUT2D eigenvalue weighted by molar-refractivity contribution is -0.129. The average molecular weight is 296 g/mol. The fraction of sp³-hybridized carbons (Fsp3) is 0.944. The number of nitrogens with zero attached hydrogens (tertiary/aromatic N) is 1. The van der Waals surface area contributed by atoms with E-state index in [9.17, 15) is 4.79 Å². The Kier molecular flexibility index (Phi) is 5.88. The summed E-state index contributed by atoms with van der Waals surface area (Å²) in [5.74, 6) is 0.846. The van der Waals surface area contributed by atoms with Gasteiger partial charge in [0, 0.05) is 30.6 Å². The van der Waals surface area contributed by atoms with E-state index in [0.717, 1.165) is 19.5 Å². The maximum atomic E-state index is 12.3. The molecule has 0 aliphatic carbocycles. The Labute approximate surface area is 131 Å². The smallest absolute Gasteiger partial charge is 0.225 e. The molecule has 3 nitrogen and oxygen atoms in total. The second-order valence-corrected chi connectivity index (χ2v) is 9.33. The summed E-state index contributed by atoms with van der Waals surface area (Å²) < 4.78 is 0. The van der Waals surface area contributed by atoms with Crippen LogP contribution in [0.2, 0.25) is 0 Å². The largest absolute Gasteiger partial charge is 0.352 e. The van der Waals surface area contributed by atoms with Crippen molar-refractivity contribution in [3.63, 3.8) is 0 Å². The van der Waals surface area contributed by atoms with E-state index in [2.05, 4.69) is 44.8 Å². The van der Waals surface area contributed by atoms with Crippen molar-refractivity contribution in [1.82, 2.24) is 10.2 Å². The minimum atomic E-state index is -0.306. The molecule has 2 unspecified atom stereocenters. The highest BCUT2D eigenvalue weighted by molar-refractivity contribution is 5.81. The molecule has 0 saturated carbocycles. The van der Waals surface area contributed by atoms with Gasteiger partial charge in [-0.25, -0.2) is 0 Å². The highest BCUT2D eigenvalue weighted by Gasteiger charge is 2.33. The van der Waals surface area contributed by atoms with Crippen LogP contribution >= 0.6 is 0 Å². The summed E-state index contributed by atoms with van der Waals surface area (Å²) in [6.45, 7) is 19.5. The van der Waals surface area contributed by atoms with Crippen molar-refractivity contribution in [1.29, 1.82) is 0 Å². The molecule has 0 bridgehead atoms. The van der Waals surface area contributed by atoms with Crippen molar-refractivity contribution < 1.29 is 4.79 Å². The molecular weight excluding hydrogens is 260 g/mol. The Morgan fingerprint density at radius 2 is 1.71 bits per heavy atom. The van der Waals surface area contributed by atoms with Gasteiger partial charge in [0.05, 0.1) is 0 Å². The number of rotatable bonds is 3. The number of hydrogen-bond donors (Lipinski definition) is 1. The van der Waals surface area contributed by atoms with Crippen LogP contribution in [-0.4, -0.2) is 36.0 Å². The van der Waals surface area contributed by atoms with Crippen LogP contribution in [0, 0.1) is 16.7 Å². The molecule has 0 aromatic rings. The van der Waals surface area contributed by atoms with Gasteiger partial charge in [-0.1, -0.05) is 41.5 Å². The summed E-state index contributed by atoms with van der Waals surface area (Å²) in [4.78, 5) is 14.8. The summed E-state index contributed by atoms with van der Waals surface area (Å²) >= 11 is 0. The summed E-state index contributed by atoms with van der Waals surface area (Å²) in [5.41, 5.74) is 0.0445. The number of piperidine rings is 1. The highest BCUT2D eigenvalue weighted by atomic mass is 16.2. The van der Waals surface area contributed by atoms with Crippen molar-refractivity contribution in [2.45, 2.75) is 80.3 Å². The maximum Gasteiger partial charge on any atom is 0.225 e. The van der Waals surface area contributed by atoms with Crippen LogP contribution in [0.15, 0.2) is 0 Å². The van der Waals surface area contributed by atoms with Crippen LogP contribution in [0.1, 0.15) is 68.2 Å². The lowest BCUT2D eigenvalue weighted by atomic mass is 9.79. The Hall–Kier alpha value is -0.570.